The van der Waals surface area contributed by atoms with Crippen LogP contribution in [-0.4, -0.2) is 47.3 Å². The monoisotopic (exact) mass is 487 g/mol. The first-order chi connectivity index (χ1) is 17.7. The zero-order valence-electron chi connectivity index (χ0n) is 20.1. The Kier molecular flexibility index (Phi) is 7.73. The van der Waals surface area contributed by atoms with E-state index in [4.69, 9.17) is 18.4 Å². The molecule has 0 saturated carbocycles. The lowest BCUT2D eigenvalue weighted by atomic mass is 10.0. The summed E-state index contributed by atoms with van der Waals surface area (Å²) in [6.45, 7) is 2.44. The zero-order valence-corrected chi connectivity index (χ0v) is 20.1. The summed E-state index contributed by atoms with van der Waals surface area (Å²) >= 11 is 0. The van der Waals surface area contributed by atoms with Gasteiger partial charge in [-0.2, -0.15) is 4.98 Å². The number of ether oxygens (including phenoxy) is 2. The van der Waals surface area contributed by atoms with Crippen LogP contribution in [-0.2, 0) is 28.9 Å². The fraction of sp³-hybridized carbons (Fsp3) is 0.321. The molecule has 0 spiro atoms. The van der Waals surface area contributed by atoms with E-state index in [1.807, 2.05) is 29.2 Å². The molecule has 8 heteroatoms. The molecule has 0 atom stereocenters. The first-order valence-corrected chi connectivity index (χ1v) is 12.2. The van der Waals surface area contributed by atoms with E-state index in [0.29, 0.717) is 69.6 Å². The van der Waals surface area contributed by atoms with Crippen LogP contribution in [0.25, 0.3) is 11.6 Å². The van der Waals surface area contributed by atoms with Gasteiger partial charge in [-0.15, -0.1) is 0 Å². The molecule has 0 unspecified atom stereocenters. The highest BCUT2D eigenvalue weighted by Gasteiger charge is 2.17. The number of aryl methyl sites for hydroxylation is 1. The van der Waals surface area contributed by atoms with Gasteiger partial charge in [0.1, 0.15) is 12.4 Å². The van der Waals surface area contributed by atoms with Crippen LogP contribution in [0.1, 0.15) is 35.4 Å². The molecule has 4 aromatic rings. The second-order valence-corrected chi connectivity index (χ2v) is 8.72. The van der Waals surface area contributed by atoms with Crippen molar-refractivity contribution in [2.45, 2.75) is 32.2 Å². The van der Waals surface area contributed by atoms with Crippen molar-refractivity contribution in [2.24, 2.45) is 0 Å². The van der Waals surface area contributed by atoms with Gasteiger partial charge in [-0.3, -0.25) is 4.79 Å². The number of amides is 1. The van der Waals surface area contributed by atoms with Gasteiger partial charge in [-0.1, -0.05) is 47.6 Å². The van der Waals surface area contributed by atoms with Crippen molar-refractivity contribution >= 4 is 5.91 Å². The third-order valence-corrected chi connectivity index (χ3v) is 6.07. The Bertz CT molecular complexity index is 1270. The van der Waals surface area contributed by atoms with E-state index in [-0.39, 0.29) is 5.91 Å². The molecular formula is C28H29N3O5. The van der Waals surface area contributed by atoms with E-state index in [2.05, 4.69) is 34.4 Å². The maximum absolute atomic E-state index is 13.1. The number of carbonyl (C=O) groups is 1. The molecule has 1 aliphatic heterocycles. The number of fused-ring (bicyclic) bond motifs is 3. The standard InChI is InChI=1S/C28H29N3O5/c32-27(12-4-11-26-29-28(30-36-26)25-10-5-14-34-25)31-13-15-33-16-17-35-24-9-2-1-8-23(24)19-21-6-3-7-22(18-21)20-31/h1-3,5-10,14,18H,4,11-13,15-17,19-20H2. The highest BCUT2D eigenvalue weighted by atomic mass is 16.5. The molecule has 0 N–H and O–H groups in total. The van der Waals surface area contributed by atoms with Gasteiger partial charge in [0.15, 0.2) is 5.76 Å². The van der Waals surface area contributed by atoms with Crippen molar-refractivity contribution < 1.29 is 23.2 Å². The second-order valence-electron chi connectivity index (χ2n) is 8.72. The topological polar surface area (TPSA) is 90.8 Å². The van der Waals surface area contributed by atoms with Gasteiger partial charge in [0.05, 0.1) is 19.5 Å². The summed E-state index contributed by atoms with van der Waals surface area (Å²) in [7, 11) is 0. The van der Waals surface area contributed by atoms with Crippen LogP contribution in [0.3, 0.4) is 0 Å². The number of hydrogen-bond donors (Lipinski definition) is 0. The summed E-state index contributed by atoms with van der Waals surface area (Å²) < 4.78 is 22.4. The molecule has 2 aromatic carbocycles. The van der Waals surface area contributed by atoms with Crippen molar-refractivity contribution in [3.63, 3.8) is 0 Å². The number of para-hydroxylation sites is 1. The quantitative estimate of drug-likeness (QED) is 0.404. The molecule has 5 rings (SSSR count). The maximum Gasteiger partial charge on any atom is 0.238 e. The van der Waals surface area contributed by atoms with Crippen LogP contribution in [0.4, 0.5) is 0 Å². The summed E-state index contributed by atoms with van der Waals surface area (Å²) in [5, 5.41) is 3.95. The lowest BCUT2D eigenvalue weighted by molar-refractivity contribution is -0.132. The number of furan rings is 1. The van der Waals surface area contributed by atoms with Crippen LogP contribution in [0, 0.1) is 0 Å². The van der Waals surface area contributed by atoms with Crippen LogP contribution in [0.2, 0.25) is 0 Å². The number of nitrogens with zero attached hydrogens (tertiary/aromatic N) is 3. The average molecular weight is 488 g/mol. The average Bonchev–Trinajstić information content (AvgIpc) is 3.58. The third-order valence-electron chi connectivity index (χ3n) is 6.07. The number of aromatic nitrogens is 2. The number of benzene rings is 2. The summed E-state index contributed by atoms with van der Waals surface area (Å²) in [5.41, 5.74) is 3.42. The largest absolute Gasteiger partial charge is 0.491 e. The normalized spacial score (nSPS) is 14.5. The Hall–Kier alpha value is -3.91. The van der Waals surface area contributed by atoms with E-state index < -0.39 is 0 Å². The molecule has 0 fully saturated rings. The van der Waals surface area contributed by atoms with Gasteiger partial charge in [-0.05, 0) is 41.3 Å². The minimum absolute atomic E-state index is 0.0727. The summed E-state index contributed by atoms with van der Waals surface area (Å²) in [6, 6.07) is 20.0. The van der Waals surface area contributed by atoms with Gasteiger partial charge >= 0.3 is 0 Å². The number of hydrogen-bond acceptors (Lipinski definition) is 7. The first kappa shape index (κ1) is 23.8. The highest BCUT2D eigenvalue weighted by Crippen LogP contribution is 2.23. The molecule has 8 nitrogen and oxygen atoms in total. The van der Waals surface area contributed by atoms with E-state index in [1.165, 1.54) is 5.56 Å². The molecule has 186 valence electrons. The van der Waals surface area contributed by atoms with Crippen LogP contribution in [0.15, 0.2) is 75.9 Å². The molecule has 1 amide bonds. The Morgan fingerprint density at radius 2 is 1.89 bits per heavy atom. The fourth-order valence-electron chi connectivity index (χ4n) is 4.26. The SMILES string of the molecule is O=C(CCCc1nc(-c2ccco2)no1)N1CCOCCOc2ccccc2Cc2cccc(c2)C1. The molecule has 3 heterocycles. The zero-order chi connectivity index (χ0) is 24.6. The number of rotatable bonds is 5. The van der Waals surface area contributed by atoms with Gasteiger partial charge in [-0.25, -0.2) is 0 Å². The Morgan fingerprint density at radius 1 is 0.972 bits per heavy atom. The minimum Gasteiger partial charge on any atom is -0.491 e. The van der Waals surface area contributed by atoms with E-state index in [1.54, 1.807) is 18.4 Å². The van der Waals surface area contributed by atoms with Gasteiger partial charge in [0, 0.05) is 32.4 Å². The Balaban J connectivity index is 1.23. The van der Waals surface area contributed by atoms with Crippen LogP contribution in [0.5, 0.6) is 5.75 Å². The Morgan fingerprint density at radius 3 is 2.81 bits per heavy atom. The van der Waals surface area contributed by atoms with Crippen molar-refractivity contribution in [1.82, 2.24) is 15.0 Å². The smallest absolute Gasteiger partial charge is 0.238 e. The van der Waals surface area contributed by atoms with Gasteiger partial charge < -0.3 is 23.3 Å². The van der Waals surface area contributed by atoms with Crippen LogP contribution >= 0.6 is 0 Å². The van der Waals surface area contributed by atoms with Gasteiger partial charge in [0.2, 0.25) is 17.6 Å². The Labute approximate surface area is 209 Å². The summed E-state index contributed by atoms with van der Waals surface area (Å²) in [4.78, 5) is 19.4. The van der Waals surface area contributed by atoms with E-state index >= 15 is 0 Å². The van der Waals surface area contributed by atoms with Crippen molar-refractivity contribution in [1.29, 1.82) is 0 Å². The number of carbonyl (C=O) groups excluding carboxylic acids is 1. The van der Waals surface area contributed by atoms with Crippen LogP contribution < -0.4 is 4.74 Å². The summed E-state index contributed by atoms with van der Waals surface area (Å²) in [6.07, 6.45) is 3.85. The van der Waals surface area contributed by atoms with Gasteiger partial charge in [0.25, 0.3) is 0 Å². The predicted molar refractivity (Wildman–Crippen MR) is 132 cm³/mol. The molecule has 2 bridgehead atoms. The molecule has 2 aromatic heterocycles. The first-order valence-electron chi connectivity index (χ1n) is 12.2. The molecule has 0 aliphatic carbocycles. The molecule has 0 radical (unpaired) electrons. The van der Waals surface area contributed by atoms with Crippen molar-refractivity contribution in [3.8, 4) is 17.3 Å². The second kappa shape index (κ2) is 11.7. The van der Waals surface area contributed by atoms with Crippen molar-refractivity contribution in [2.75, 3.05) is 26.4 Å². The summed E-state index contributed by atoms with van der Waals surface area (Å²) in [5.74, 6) is 2.43. The van der Waals surface area contributed by atoms with E-state index in [0.717, 1.165) is 23.3 Å². The lowest BCUT2D eigenvalue weighted by Crippen LogP contribution is -2.34. The highest BCUT2D eigenvalue weighted by molar-refractivity contribution is 5.76. The third kappa shape index (κ3) is 6.20. The predicted octanol–water partition coefficient (Wildman–Crippen LogP) is 4.68. The molecule has 36 heavy (non-hydrogen) atoms. The minimum atomic E-state index is 0.0727. The molecule has 1 aliphatic rings. The fourth-order valence-corrected chi connectivity index (χ4v) is 4.26. The lowest BCUT2D eigenvalue weighted by Gasteiger charge is -2.24. The maximum atomic E-state index is 13.1. The molecular weight excluding hydrogens is 458 g/mol. The van der Waals surface area contributed by atoms with E-state index in [9.17, 15) is 4.79 Å². The molecule has 0 saturated heterocycles. The van der Waals surface area contributed by atoms with Crippen molar-refractivity contribution in [3.05, 3.63) is 89.5 Å².